The van der Waals surface area contributed by atoms with Crippen LogP contribution >= 0.6 is 0 Å². The lowest BCUT2D eigenvalue weighted by Gasteiger charge is -2.08. The van der Waals surface area contributed by atoms with Gasteiger partial charge in [-0.05, 0) is 19.1 Å². The minimum atomic E-state index is -0.325. The van der Waals surface area contributed by atoms with Gasteiger partial charge in [0.05, 0.1) is 25.6 Å². The summed E-state index contributed by atoms with van der Waals surface area (Å²) in [5.74, 6) is -0.602. The summed E-state index contributed by atoms with van der Waals surface area (Å²) in [5, 5.41) is 2.68. The number of para-hydroxylation sites is 1. The normalized spacial score (nSPS) is 10.1. The molecule has 1 N–H and O–H groups in total. The maximum Gasteiger partial charge on any atom is 0.307 e. The van der Waals surface area contributed by atoms with E-state index in [-0.39, 0.29) is 24.8 Å². The van der Waals surface area contributed by atoms with Crippen LogP contribution in [0.25, 0.3) is 5.69 Å². The number of hydrogen-bond donors (Lipinski definition) is 1. The molecule has 0 aliphatic rings. The number of hydrogen-bond acceptors (Lipinski definition) is 4. The molecule has 6 heteroatoms. The Labute approximate surface area is 122 Å². The van der Waals surface area contributed by atoms with E-state index in [0.29, 0.717) is 12.3 Å². The summed E-state index contributed by atoms with van der Waals surface area (Å²) in [6.07, 6.45) is 3.22. The fourth-order valence-electron chi connectivity index (χ4n) is 1.86. The molecular weight excluding hydrogens is 270 g/mol. The fourth-order valence-corrected chi connectivity index (χ4v) is 1.86. The standard InChI is InChI=1S/C15H17N3O3/c1-2-21-14(19)8-9-17-15(20)13-10-16-11-18(13)12-6-4-3-5-7-12/h3-7,10-11H,2,8-9H2,1H3,(H,17,20). The van der Waals surface area contributed by atoms with Gasteiger partial charge in [-0.25, -0.2) is 4.98 Å². The molecule has 6 nitrogen and oxygen atoms in total. The molecule has 0 saturated heterocycles. The first-order valence-electron chi connectivity index (χ1n) is 6.74. The van der Waals surface area contributed by atoms with Crippen LogP contribution in [0.1, 0.15) is 23.8 Å². The molecule has 0 aliphatic heterocycles. The van der Waals surface area contributed by atoms with Crippen LogP contribution in [-0.4, -0.2) is 34.6 Å². The van der Waals surface area contributed by atoms with Gasteiger partial charge >= 0.3 is 5.97 Å². The van der Waals surface area contributed by atoms with Gasteiger partial charge in [-0.15, -0.1) is 0 Å². The van der Waals surface area contributed by atoms with Crippen LogP contribution in [0.2, 0.25) is 0 Å². The molecule has 0 unspecified atom stereocenters. The molecule has 1 heterocycles. The Hall–Kier alpha value is -2.63. The topological polar surface area (TPSA) is 73.2 Å². The average Bonchev–Trinajstić information content (AvgIpc) is 2.98. The third-order valence-electron chi connectivity index (χ3n) is 2.83. The van der Waals surface area contributed by atoms with Gasteiger partial charge in [-0.1, -0.05) is 18.2 Å². The smallest absolute Gasteiger partial charge is 0.307 e. The zero-order valence-electron chi connectivity index (χ0n) is 11.8. The van der Waals surface area contributed by atoms with Crippen molar-refractivity contribution >= 4 is 11.9 Å². The first-order chi connectivity index (χ1) is 10.2. The molecule has 0 spiro atoms. The summed E-state index contributed by atoms with van der Waals surface area (Å²) < 4.78 is 6.49. The Morgan fingerprint density at radius 1 is 1.29 bits per heavy atom. The summed E-state index contributed by atoms with van der Waals surface area (Å²) in [6.45, 7) is 2.32. The number of esters is 1. The minimum absolute atomic E-state index is 0.152. The van der Waals surface area contributed by atoms with Gasteiger partial charge in [0.15, 0.2) is 0 Å². The van der Waals surface area contributed by atoms with Crippen molar-refractivity contribution in [2.24, 2.45) is 0 Å². The van der Waals surface area contributed by atoms with Crippen molar-refractivity contribution in [2.75, 3.05) is 13.2 Å². The Morgan fingerprint density at radius 3 is 2.76 bits per heavy atom. The van der Waals surface area contributed by atoms with E-state index in [9.17, 15) is 9.59 Å². The number of carbonyl (C=O) groups excluding carboxylic acids is 2. The molecule has 0 radical (unpaired) electrons. The molecule has 21 heavy (non-hydrogen) atoms. The maximum absolute atomic E-state index is 12.1. The number of rotatable bonds is 6. The summed E-state index contributed by atoms with van der Waals surface area (Å²) in [7, 11) is 0. The average molecular weight is 287 g/mol. The van der Waals surface area contributed by atoms with Crippen molar-refractivity contribution in [2.45, 2.75) is 13.3 Å². The van der Waals surface area contributed by atoms with E-state index in [1.807, 2.05) is 30.3 Å². The SMILES string of the molecule is CCOC(=O)CCNC(=O)c1cncn1-c1ccccc1. The molecule has 0 aliphatic carbocycles. The molecule has 1 aromatic carbocycles. The molecule has 1 amide bonds. The van der Waals surface area contributed by atoms with Gasteiger partial charge in [-0.3, -0.25) is 14.2 Å². The van der Waals surface area contributed by atoms with Crippen LogP contribution in [0.15, 0.2) is 42.9 Å². The van der Waals surface area contributed by atoms with Gasteiger partial charge in [-0.2, -0.15) is 0 Å². The first-order valence-corrected chi connectivity index (χ1v) is 6.74. The highest BCUT2D eigenvalue weighted by Gasteiger charge is 2.13. The summed E-state index contributed by atoms with van der Waals surface area (Å²) >= 11 is 0. The van der Waals surface area contributed by atoms with Crippen molar-refractivity contribution in [3.63, 3.8) is 0 Å². The van der Waals surface area contributed by atoms with Crippen LogP contribution in [-0.2, 0) is 9.53 Å². The number of ether oxygens (including phenoxy) is 1. The predicted octanol–water partition coefficient (Wildman–Crippen LogP) is 1.56. The van der Waals surface area contributed by atoms with E-state index in [2.05, 4.69) is 10.3 Å². The van der Waals surface area contributed by atoms with Crippen LogP contribution in [0, 0.1) is 0 Å². The number of carbonyl (C=O) groups is 2. The molecule has 0 atom stereocenters. The minimum Gasteiger partial charge on any atom is -0.466 e. The molecule has 2 aromatic rings. The monoisotopic (exact) mass is 287 g/mol. The van der Waals surface area contributed by atoms with E-state index in [0.717, 1.165) is 5.69 Å². The van der Waals surface area contributed by atoms with E-state index < -0.39 is 0 Å². The maximum atomic E-state index is 12.1. The number of nitrogens with one attached hydrogen (secondary N) is 1. The number of benzene rings is 1. The zero-order valence-corrected chi connectivity index (χ0v) is 11.8. The zero-order chi connectivity index (χ0) is 15.1. The molecule has 0 fully saturated rings. The van der Waals surface area contributed by atoms with Crippen LogP contribution in [0.5, 0.6) is 0 Å². The first kappa shape index (κ1) is 14.8. The van der Waals surface area contributed by atoms with Crippen molar-refractivity contribution in [3.05, 3.63) is 48.5 Å². The highest BCUT2D eigenvalue weighted by Crippen LogP contribution is 2.10. The Balaban J connectivity index is 1.98. The molecule has 110 valence electrons. The lowest BCUT2D eigenvalue weighted by molar-refractivity contribution is -0.142. The largest absolute Gasteiger partial charge is 0.466 e. The molecule has 1 aromatic heterocycles. The highest BCUT2D eigenvalue weighted by molar-refractivity contribution is 5.93. The highest BCUT2D eigenvalue weighted by atomic mass is 16.5. The third kappa shape index (κ3) is 3.92. The van der Waals surface area contributed by atoms with Crippen molar-refractivity contribution in [3.8, 4) is 5.69 Å². The number of amides is 1. The summed E-state index contributed by atoms with van der Waals surface area (Å²) in [4.78, 5) is 27.3. The molecule has 0 saturated carbocycles. The van der Waals surface area contributed by atoms with E-state index >= 15 is 0 Å². The number of aromatic nitrogens is 2. The lowest BCUT2D eigenvalue weighted by Crippen LogP contribution is -2.28. The van der Waals surface area contributed by atoms with Crippen molar-refractivity contribution in [1.29, 1.82) is 0 Å². The predicted molar refractivity (Wildman–Crippen MR) is 77.1 cm³/mol. The quantitative estimate of drug-likeness (QED) is 0.818. The number of imidazole rings is 1. The molecule has 0 bridgehead atoms. The van der Waals surface area contributed by atoms with Crippen molar-refractivity contribution in [1.82, 2.24) is 14.9 Å². The molecule has 2 rings (SSSR count). The van der Waals surface area contributed by atoms with Crippen LogP contribution in [0.3, 0.4) is 0 Å². The van der Waals surface area contributed by atoms with Gasteiger partial charge in [0.2, 0.25) is 0 Å². The van der Waals surface area contributed by atoms with Crippen LogP contribution in [0.4, 0.5) is 0 Å². The Kier molecular flexibility index (Phi) is 5.09. The number of nitrogens with zero attached hydrogens (tertiary/aromatic N) is 2. The van der Waals surface area contributed by atoms with Gasteiger partial charge in [0.25, 0.3) is 5.91 Å². The van der Waals surface area contributed by atoms with Crippen LogP contribution < -0.4 is 5.32 Å². The summed E-state index contributed by atoms with van der Waals surface area (Å²) in [6, 6.07) is 9.45. The lowest BCUT2D eigenvalue weighted by atomic mass is 10.3. The Morgan fingerprint density at radius 2 is 2.05 bits per heavy atom. The van der Waals surface area contributed by atoms with E-state index in [1.165, 1.54) is 6.20 Å². The second kappa shape index (κ2) is 7.23. The summed E-state index contributed by atoms with van der Waals surface area (Å²) in [5.41, 5.74) is 1.27. The van der Waals surface area contributed by atoms with Gasteiger partial charge in [0.1, 0.15) is 5.69 Å². The van der Waals surface area contributed by atoms with E-state index in [4.69, 9.17) is 4.74 Å². The van der Waals surface area contributed by atoms with Crippen molar-refractivity contribution < 1.29 is 14.3 Å². The van der Waals surface area contributed by atoms with Gasteiger partial charge in [0, 0.05) is 12.2 Å². The third-order valence-corrected chi connectivity index (χ3v) is 2.83. The second-order valence-corrected chi connectivity index (χ2v) is 4.30. The Bertz CT molecular complexity index is 608. The van der Waals surface area contributed by atoms with E-state index in [1.54, 1.807) is 17.8 Å². The second-order valence-electron chi connectivity index (χ2n) is 4.30. The van der Waals surface area contributed by atoms with Gasteiger partial charge < -0.3 is 10.1 Å². The molecular formula is C15H17N3O3. The fraction of sp³-hybridized carbons (Fsp3) is 0.267.